The molecule has 4 heteroatoms. The van der Waals surface area contributed by atoms with E-state index in [4.69, 9.17) is 5.11 Å². The molecule has 4 nitrogen and oxygen atoms in total. The normalized spacial score (nSPS) is 10.0. The molecular formula is C10H7NO3. The Morgan fingerprint density at radius 2 is 2.14 bits per heavy atom. The second-order valence-corrected chi connectivity index (χ2v) is 2.75. The first-order chi connectivity index (χ1) is 6.75. The third-order valence-corrected chi connectivity index (χ3v) is 1.82. The van der Waals surface area contributed by atoms with Gasteiger partial charge in [0, 0.05) is 17.8 Å². The molecule has 0 aliphatic carbocycles. The Bertz CT molecular complexity index is 482. The molecule has 0 atom stereocenters. The van der Waals surface area contributed by atoms with Gasteiger partial charge in [0.15, 0.2) is 0 Å². The summed E-state index contributed by atoms with van der Waals surface area (Å²) in [6.45, 7) is 0. The lowest BCUT2D eigenvalue weighted by molar-refractivity contribution is 0.144. The maximum Gasteiger partial charge on any atom is 0.511 e. The van der Waals surface area contributed by atoms with Gasteiger partial charge in [-0.25, -0.2) is 4.79 Å². The lowest BCUT2D eigenvalue weighted by atomic mass is 10.2. The molecule has 0 spiro atoms. The first-order valence-electron chi connectivity index (χ1n) is 4.00. The van der Waals surface area contributed by atoms with Crippen LogP contribution in [0.25, 0.3) is 10.8 Å². The van der Waals surface area contributed by atoms with E-state index in [-0.39, 0.29) is 0 Å². The van der Waals surface area contributed by atoms with Gasteiger partial charge in [-0.1, -0.05) is 0 Å². The second-order valence-electron chi connectivity index (χ2n) is 2.75. The van der Waals surface area contributed by atoms with E-state index < -0.39 is 6.16 Å². The Labute approximate surface area is 79.8 Å². The number of nitrogens with zero attached hydrogens (tertiary/aromatic N) is 1. The van der Waals surface area contributed by atoms with Gasteiger partial charge in [0.1, 0.15) is 5.75 Å². The first-order valence-corrected chi connectivity index (χ1v) is 4.00. The van der Waals surface area contributed by atoms with Crippen LogP contribution in [-0.2, 0) is 0 Å². The summed E-state index contributed by atoms with van der Waals surface area (Å²) in [5, 5.41) is 10.3. The number of ether oxygens (including phenoxy) is 1. The number of hydrogen-bond acceptors (Lipinski definition) is 3. The SMILES string of the molecule is O=C(O)Oc1ccc2cnccc2c1. The molecule has 0 aliphatic rings. The van der Waals surface area contributed by atoms with E-state index in [1.807, 2.05) is 0 Å². The molecule has 70 valence electrons. The monoisotopic (exact) mass is 189 g/mol. The van der Waals surface area contributed by atoms with Gasteiger partial charge in [0.25, 0.3) is 0 Å². The first kappa shape index (κ1) is 8.50. The largest absolute Gasteiger partial charge is 0.511 e. The highest BCUT2D eigenvalue weighted by molar-refractivity contribution is 5.83. The third-order valence-electron chi connectivity index (χ3n) is 1.82. The predicted octanol–water partition coefficient (Wildman–Crippen LogP) is 2.29. The van der Waals surface area contributed by atoms with Crippen LogP contribution in [0.5, 0.6) is 5.75 Å². The number of rotatable bonds is 1. The molecule has 1 heterocycles. The molecule has 14 heavy (non-hydrogen) atoms. The number of hydrogen-bond donors (Lipinski definition) is 1. The van der Waals surface area contributed by atoms with Gasteiger partial charge < -0.3 is 9.84 Å². The predicted molar refractivity (Wildman–Crippen MR) is 50.4 cm³/mol. The van der Waals surface area contributed by atoms with E-state index in [0.29, 0.717) is 5.75 Å². The van der Waals surface area contributed by atoms with Gasteiger partial charge in [0.05, 0.1) is 0 Å². The molecule has 0 amide bonds. The van der Waals surface area contributed by atoms with Crippen molar-refractivity contribution < 1.29 is 14.6 Å². The zero-order chi connectivity index (χ0) is 9.97. The molecule has 0 aliphatic heterocycles. The minimum absolute atomic E-state index is 0.316. The van der Waals surface area contributed by atoms with Crippen LogP contribution in [0.1, 0.15) is 0 Å². The molecule has 1 aromatic heterocycles. The highest BCUT2D eigenvalue weighted by atomic mass is 16.7. The summed E-state index contributed by atoms with van der Waals surface area (Å²) in [4.78, 5) is 14.2. The van der Waals surface area contributed by atoms with Gasteiger partial charge >= 0.3 is 6.16 Å². The Morgan fingerprint density at radius 3 is 2.93 bits per heavy atom. The average Bonchev–Trinajstić information content (AvgIpc) is 2.17. The van der Waals surface area contributed by atoms with Crippen LogP contribution in [-0.4, -0.2) is 16.2 Å². The fourth-order valence-corrected chi connectivity index (χ4v) is 1.23. The summed E-state index contributed by atoms with van der Waals surface area (Å²) >= 11 is 0. The minimum atomic E-state index is -1.31. The van der Waals surface area contributed by atoms with Crippen LogP contribution in [0.4, 0.5) is 4.79 Å². The van der Waals surface area contributed by atoms with E-state index in [0.717, 1.165) is 10.8 Å². The summed E-state index contributed by atoms with van der Waals surface area (Å²) < 4.78 is 4.52. The molecule has 0 saturated carbocycles. The number of pyridine rings is 1. The van der Waals surface area contributed by atoms with E-state index >= 15 is 0 Å². The van der Waals surface area contributed by atoms with Crippen molar-refractivity contribution in [3.8, 4) is 5.75 Å². The fraction of sp³-hybridized carbons (Fsp3) is 0. The Balaban J connectivity index is 2.46. The molecule has 0 bridgehead atoms. The molecule has 0 saturated heterocycles. The molecule has 0 unspecified atom stereocenters. The van der Waals surface area contributed by atoms with Crippen molar-refractivity contribution >= 4 is 16.9 Å². The number of carboxylic acid groups (broad SMARTS) is 1. The van der Waals surface area contributed by atoms with Crippen molar-refractivity contribution in [1.29, 1.82) is 0 Å². The Kier molecular flexibility index (Phi) is 2.02. The summed E-state index contributed by atoms with van der Waals surface area (Å²) in [6, 6.07) is 6.81. The van der Waals surface area contributed by atoms with Crippen LogP contribution in [0.3, 0.4) is 0 Å². The smallest absolute Gasteiger partial charge is 0.449 e. The van der Waals surface area contributed by atoms with Crippen molar-refractivity contribution in [2.45, 2.75) is 0 Å². The quantitative estimate of drug-likeness (QED) is 0.552. The summed E-state index contributed by atoms with van der Waals surface area (Å²) in [5.74, 6) is 0.316. The summed E-state index contributed by atoms with van der Waals surface area (Å²) in [5.41, 5.74) is 0. The van der Waals surface area contributed by atoms with Crippen molar-refractivity contribution in [1.82, 2.24) is 4.98 Å². The zero-order valence-electron chi connectivity index (χ0n) is 7.18. The zero-order valence-corrected chi connectivity index (χ0v) is 7.18. The second kappa shape index (κ2) is 3.33. The van der Waals surface area contributed by atoms with Gasteiger partial charge in [-0.2, -0.15) is 0 Å². The van der Waals surface area contributed by atoms with E-state index in [2.05, 4.69) is 9.72 Å². The van der Waals surface area contributed by atoms with Crippen molar-refractivity contribution in [3.63, 3.8) is 0 Å². The average molecular weight is 189 g/mol. The van der Waals surface area contributed by atoms with Crippen LogP contribution in [0.15, 0.2) is 36.7 Å². The highest BCUT2D eigenvalue weighted by Crippen LogP contribution is 2.19. The highest BCUT2D eigenvalue weighted by Gasteiger charge is 2.01. The lowest BCUT2D eigenvalue weighted by Gasteiger charge is -2.01. The topological polar surface area (TPSA) is 59.4 Å². The standard InChI is InChI=1S/C10H7NO3/c12-10(13)14-9-2-1-8-6-11-4-3-7(8)5-9/h1-6H,(H,12,13). The van der Waals surface area contributed by atoms with Crippen molar-refractivity contribution in [3.05, 3.63) is 36.7 Å². The van der Waals surface area contributed by atoms with Crippen molar-refractivity contribution in [2.24, 2.45) is 0 Å². The van der Waals surface area contributed by atoms with Crippen LogP contribution in [0.2, 0.25) is 0 Å². The van der Waals surface area contributed by atoms with Crippen molar-refractivity contribution in [2.75, 3.05) is 0 Å². The minimum Gasteiger partial charge on any atom is -0.449 e. The number of carbonyl (C=O) groups is 1. The fourth-order valence-electron chi connectivity index (χ4n) is 1.23. The number of fused-ring (bicyclic) bond motifs is 1. The van der Waals surface area contributed by atoms with E-state index in [1.54, 1.807) is 36.7 Å². The van der Waals surface area contributed by atoms with E-state index in [1.165, 1.54) is 0 Å². The number of aromatic nitrogens is 1. The van der Waals surface area contributed by atoms with Gasteiger partial charge in [-0.3, -0.25) is 4.98 Å². The van der Waals surface area contributed by atoms with E-state index in [9.17, 15) is 4.79 Å². The molecule has 1 aromatic carbocycles. The summed E-state index contributed by atoms with van der Waals surface area (Å²) in [6.07, 6.45) is 2.05. The molecule has 2 aromatic rings. The maximum atomic E-state index is 10.3. The lowest BCUT2D eigenvalue weighted by Crippen LogP contribution is -2.02. The van der Waals surface area contributed by atoms with Gasteiger partial charge in [-0.05, 0) is 29.7 Å². The molecular weight excluding hydrogens is 182 g/mol. The third kappa shape index (κ3) is 1.64. The Morgan fingerprint density at radius 1 is 1.29 bits per heavy atom. The van der Waals surface area contributed by atoms with Crippen LogP contribution < -0.4 is 4.74 Å². The maximum absolute atomic E-state index is 10.3. The van der Waals surface area contributed by atoms with Gasteiger partial charge in [-0.15, -0.1) is 0 Å². The van der Waals surface area contributed by atoms with Gasteiger partial charge in [0.2, 0.25) is 0 Å². The molecule has 2 rings (SSSR count). The van der Waals surface area contributed by atoms with Crippen LogP contribution >= 0.6 is 0 Å². The molecule has 0 radical (unpaired) electrons. The Hall–Kier alpha value is -2.10. The number of benzene rings is 1. The summed E-state index contributed by atoms with van der Waals surface area (Å²) in [7, 11) is 0. The molecule has 1 N–H and O–H groups in total. The molecule has 0 fully saturated rings. The van der Waals surface area contributed by atoms with Crippen LogP contribution in [0, 0.1) is 0 Å².